The molecule has 0 aliphatic heterocycles. The highest BCUT2D eigenvalue weighted by Gasteiger charge is 2.37. The molecule has 9 atom stereocenters. The average molecular weight is 1190 g/mol. The molecule has 0 bridgehead atoms. The molecule has 0 saturated carbocycles. The van der Waals surface area contributed by atoms with Crippen molar-refractivity contribution in [1.82, 2.24) is 52.5 Å². The quantitative estimate of drug-likeness (QED) is 0.0249. The molecule has 0 saturated heterocycles. The molecule has 20 N–H and O–H groups in total. The Balaban J connectivity index is 1.95. The number of carbonyl (C=O) groups excluding carboxylic acids is 9. The van der Waals surface area contributed by atoms with Crippen LogP contribution >= 0.6 is 0 Å². The number of H-pyrrole nitrogens is 1. The Bertz CT molecular complexity index is 2780. The second-order valence-corrected chi connectivity index (χ2v) is 20.3. The third-order valence-corrected chi connectivity index (χ3v) is 12.8. The first kappa shape index (κ1) is 69.7. The lowest BCUT2D eigenvalue weighted by molar-refractivity contribution is -0.142. The molecule has 9 amide bonds. The molecule has 2 aromatic carbocycles. The summed E-state index contributed by atoms with van der Waals surface area (Å²) in [4.78, 5) is 178. The van der Waals surface area contributed by atoms with Crippen LogP contribution in [0.5, 0.6) is 5.75 Å². The summed E-state index contributed by atoms with van der Waals surface area (Å²) in [7, 11) is 0. The topological polar surface area (TPSA) is 526 Å². The first-order valence-corrected chi connectivity index (χ1v) is 27.0. The number of carboxylic acids is 4. The smallest absolute Gasteiger partial charge is 0.326 e. The lowest BCUT2D eigenvalue weighted by atomic mass is 10.0. The van der Waals surface area contributed by atoms with Crippen molar-refractivity contribution < 1.29 is 87.9 Å². The number of benzene rings is 2. The fourth-order valence-electron chi connectivity index (χ4n) is 8.37. The van der Waals surface area contributed by atoms with Gasteiger partial charge in [0.2, 0.25) is 53.2 Å². The number of aromatic hydroxyl groups is 1. The summed E-state index contributed by atoms with van der Waals surface area (Å²) < 4.78 is 0. The van der Waals surface area contributed by atoms with Crippen molar-refractivity contribution in [2.75, 3.05) is 6.54 Å². The van der Waals surface area contributed by atoms with E-state index in [0.29, 0.717) is 24.1 Å². The standard InChI is InChI=1S/C54H75N13O18/c1-28(2)20-37(50(80)60-34(10-6-7-19-55)47(77)67-41(54(84)85)23-31-26-58-27-59-31)64-49(79)36(16-18-44(72)73)61-48(78)35(15-17-43(70)71)62-51(81)38(22-30-11-13-32(68)14-12-30)65-53(83)40(25-45(74)75)66-52(82)39(24-42(57)69)63-46(76)33(56)21-29-8-4-3-5-9-29/h3-5,8-9,11-14,26-28,33-41,68H,6-7,10,15-25,55-56H2,1-2H3,(H2,57,69)(H,58,59)(H,60,80)(H,61,78)(H,62,81)(H,63,76)(H,64,79)(H,65,83)(H,66,82)(H,67,77)(H,70,71)(H,72,73)(H,74,75)(H,84,85)/t33-,34-,35-,36-,37-,38-,39-,40-,41-/m0/s1. The maximum atomic E-state index is 14.4. The summed E-state index contributed by atoms with van der Waals surface area (Å²) in [6.07, 6.45) is -2.45. The predicted octanol–water partition coefficient (Wildman–Crippen LogP) is -3.31. The summed E-state index contributed by atoms with van der Waals surface area (Å²) in [5.74, 6) is -16.7. The molecule has 31 heteroatoms. The molecular formula is C54H75N13O18. The Kier molecular flexibility index (Phi) is 29.1. The lowest BCUT2D eigenvalue weighted by Crippen LogP contribution is -2.61. The van der Waals surface area contributed by atoms with Gasteiger partial charge >= 0.3 is 23.9 Å². The largest absolute Gasteiger partial charge is 0.508 e. The number of phenolic OH excluding ortho intramolecular Hbond substituents is 1. The summed E-state index contributed by atoms with van der Waals surface area (Å²) in [6, 6.07) is -1.50. The van der Waals surface area contributed by atoms with E-state index in [0.717, 1.165) is 0 Å². The van der Waals surface area contributed by atoms with Gasteiger partial charge in [-0.15, -0.1) is 0 Å². The Morgan fingerprint density at radius 1 is 0.506 bits per heavy atom. The molecule has 0 aliphatic carbocycles. The van der Waals surface area contributed by atoms with Gasteiger partial charge in [-0.25, -0.2) is 9.78 Å². The predicted molar refractivity (Wildman–Crippen MR) is 297 cm³/mol. The van der Waals surface area contributed by atoms with Gasteiger partial charge in [0.15, 0.2) is 0 Å². The second-order valence-electron chi connectivity index (χ2n) is 20.3. The van der Waals surface area contributed by atoms with E-state index in [-0.39, 0.29) is 49.5 Å². The normalized spacial score (nSPS) is 14.2. The minimum atomic E-state index is -2.06. The van der Waals surface area contributed by atoms with Gasteiger partial charge < -0.3 is 90.3 Å². The number of aromatic amines is 1. The van der Waals surface area contributed by atoms with Gasteiger partial charge in [0.25, 0.3) is 0 Å². The number of aliphatic carboxylic acids is 4. The van der Waals surface area contributed by atoms with Gasteiger partial charge in [-0.3, -0.25) is 57.5 Å². The molecule has 0 radical (unpaired) electrons. The van der Waals surface area contributed by atoms with Crippen molar-refractivity contribution in [3.63, 3.8) is 0 Å². The molecule has 3 aromatic rings. The van der Waals surface area contributed by atoms with E-state index < -0.39 is 176 Å². The van der Waals surface area contributed by atoms with Crippen LogP contribution in [0.15, 0.2) is 67.1 Å². The molecule has 0 aliphatic rings. The summed E-state index contributed by atoms with van der Waals surface area (Å²) in [5, 5.41) is 67.8. The van der Waals surface area contributed by atoms with E-state index in [1.54, 1.807) is 44.2 Å². The first-order valence-electron chi connectivity index (χ1n) is 27.0. The van der Waals surface area contributed by atoms with E-state index in [9.17, 15) is 87.9 Å². The minimum absolute atomic E-state index is 0.0121. The summed E-state index contributed by atoms with van der Waals surface area (Å²) in [6.45, 7) is 3.57. The van der Waals surface area contributed by atoms with Crippen molar-refractivity contribution >= 4 is 77.0 Å². The van der Waals surface area contributed by atoms with Crippen LogP contribution in [0.2, 0.25) is 0 Å². The van der Waals surface area contributed by atoms with Gasteiger partial charge in [0.05, 0.1) is 25.2 Å². The zero-order valence-electron chi connectivity index (χ0n) is 46.7. The molecule has 3 rings (SSSR count). The Morgan fingerprint density at radius 3 is 1.44 bits per heavy atom. The number of amides is 9. The lowest BCUT2D eigenvalue weighted by Gasteiger charge is -2.28. The number of primary amides is 1. The molecule has 31 nitrogen and oxygen atoms in total. The van der Waals surface area contributed by atoms with E-state index in [2.05, 4.69) is 52.5 Å². The van der Waals surface area contributed by atoms with Gasteiger partial charge in [-0.1, -0.05) is 56.3 Å². The fourth-order valence-corrected chi connectivity index (χ4v) is 8.37. The number of hydrogen-bond acceptors (Lipinski definition) is 17. The molecule has 0 fully saturated rings. The van der Waals surface area contributed by atoms with Crippen molar-refractivity contribution in [1.29, 1.82) is 0 Å². The van der Waals surface area contributed by atoms with Crippen molar-refractivity contribution in [2.45, 2.75) is 152 Å². The number of rotatable bonds is 39. The molecule has 0 unspecified atom stereocenters. The highest BCUT2D eigenvalue weighted by molar-refractivity contribution is 6.00. The van der Waals surface area contributed by atoms with E-state index in [1.165, 1.54) is 36.8 Å². The van der Waals surface area contributed by atoms with Crippen LogP contribution in [0.4, 0.5) is 0 Å². The van der Waals surface area contributed by atoms with Crippen molar-refractivity contribution in [3.05, 3.63) is 83.9 Å². The zero-order valence-corrected chi connectivity index (χ0v) is 46.7. The van der Waals surface area contributed by atoms with Gasteiger partial charge in [-0.05, 0) is 80.7 Å². The van der Waals surface area contributed by atoms with Crippen LogP contribution in [-0.2, 0) is 81.6 Å². The van der Waals surface area contributed by atoms with Crippen LogP contribution in [-0.4, -0.2) is 173 Å². The number of unbranched alkanes of at least 4 members (excludes halogenated alkanes) is 1. The number of carbonyl (C=O) groups is 13. The van der Waals surface area contributed by atoms with Crippen LogP contribution in [0.3, 0.4) is 0 Å². The van der Waals surface area contributed by atoms with Gasteiger partial charge in [-0.2, -0.15) is 0 Å². The van der Waals surface area contributed by atoms with Crippen LogP contribution in [0, 0.1) is 5.92 Å². The molecule has 85 heavy (non-hydrogen) atoms. The zero-order chi connectivity index (χ0) is 63.3. The monoisotopic (exact) mass is 1190 g/mol. The maximum Gasteiger partial charge on any atom is 0.326 e. The van der Waals surface area contributed by atoms with Gasteiger partial charge in [0.1, 0.15) is 54.1 Å². The van der Waals surface area contributed by atoms with E-state index in [4.69, 9.17) is 17.2 Å². The Morgan fingerprint density at radius 2 is 0.953 bits per heavy atom. The fraction of sp³-hybridized carbons (Fsp3) is 0.481. The van der Waals surface area contributed by atoms with Crippen molar-refractivity contribution in [3.8, 4) is 5.75 Å². The second kappa shape index (κ2) is 35.5. The minimum Gasteiger partial charge on any atom is -0.508 e. The first-order chi connectivity index (χ1) is 40.1. The molecular weight excluding hydrogens is 1120 g/mol. The number of nitrogens with two attached hydrogens (primary N) is 3. The number of imidazole rings is 1. The highest BCUT2D eigenvalue weighted by Crippen LogP contribution is 2.15. The molecule has 0 spiro atoms. The average Bonchev–Trinajstić information content (AvgIpc) is 4.06. The highest BCUT2D eigenvalue weighted by atomic mass is 16.4. The maximum absolute atomic E-state index is 14.4. The summed E-state index contributed by atoms with van der Waals surface area (Å²) >= 11 is 0. The molecule has 1 aromatic heterocycles. The van der Waals surface area contributed by atoms with E-state index in [1.807, 2.05) is 0 Å². The Labute approximate surface area is 487 Å². The molecule has 464 valence electrons. The van der Waals surface area contributed by atoms with Crippen LogP contribution < -0.4 is 59.7 Å². The number of hydrogen-bond donors (Lipinski definition) is 17. The number of nitrogens with one attached hydrogen (secondary N) is 9. The van der Waals surface area contributed by atoms with Crippen LogP contribution in [0.1, 0.15) is 94.9 Å². The van der Waals surface area contributed by atoms with Gasteiger partial charge in [0, 0.05) is 37.6 Å². The third kappa shape index (κ3) is 26.1. The Hall–Kier alpha value is -9.52. The van der Waals surface area contributed by atoms with Crippen molar-refractivity contribution in [2.24, 2.45) is 23.1 Å². The number of nitrogens with zero attached hydrogens (tertiary/aromatic N) is 1. The van der Waals surface area contributed by atoms with Crippen LogP contribution in [0.25, 0.3) is 0 Å². The molecule has 1 heterocycles. The SMILES string of the molecule is CC(C)C[C@H](NC(=O)[C@H](CCC(=O)O)NC(=O)[C@H](CCC(=O)O)NC(=O)[C@H](Cc1ccc(O)cc1)NC(=O)[C@H](CC(=O)O)NC(=O)[C@H](CC(N)=O)NC(=O)[C@@H](N)Cc1ccccc1)C(=O)N[C@@H](CCCCN)C(=O)N[C@@H](Cc1cnc[nH]1)C(=O)O. The number of aromatic nitrogens is 2. The number of carboxylic acid groups (broad SMARTS) is 4. The number of phenols is 1. The van der Waals surface area contributed by atoms with E-state index >= 15 is 0 Å². The third-order valence-electron chi connectivity index (χ3n) is 12.8. The summed E-state index contributed by atoms with van der Waals surface area (Å²) in [5.41, 5.74) is 18.3.